The highest BCUT2D eigenvalue weighted by Crippen LogP contribution is 2.23. The monoisotopic (exact) mass is 197 g/mol. The van der Waals surface area contributed by atoms with Gasteiger partial charge in [0, 0.05) is 10.5 Å². The number of thiol groups is 1. The van der Waals surface area contributed by atoms with E-state index in [2.05, 4.69) is 17.8 Å². The Labute approximate surface area is 82.4 Å². The number of hydrogen-bond acceptors (Lipinski definition) is 4. The van der Waals surface area contributed by atoms with Gasteiger partial charge in [0.05, 0.1) is 12.8 Å². The average Bonchev–Trinajstić information content (AvgIpc) is 2.17. The molecule has 1 rings (SSSR count). The molecule has 0 saturated heterocycles. The molecule has 0 aliphatic heterocycles. The largest absolute Gasteiger partial charge is 0.496 e. The summed E-state index contributed by atoms with van der Waals surface area (Å²) in [5.41, 5.74) is 1.36. The summed E-state index contributed by atoms with van der Waals surface area (Å²) in [6, 6.07) is 5.39. The van der Waals surface area contributed by atoms with Crippen LogP contribution >= 0.6 is 12.6 Å². The van der Waals surface area contributed by atoms with Crippen molar-refractivity contribution in [3.8, 4) is 5.75 Å². The maximum Gasteiger partial charge on any atom is 0.132 e. The number of ether oxygens (including phenoxy) is 1. The number of nitrogens with zero attached hydrogens (tertiary/aromatic N) is 1. The Hall–Kier alpha value is -1.16. The Balaban J connectivity index is 3.13. The molecule has 0 heterocycles. The van der Waals surface area contributed by atoms with Gasteiger partial charge in [-0.1, -0.05) is 11.2 Å². The number of hydrogen-bond donors (Lipinski definition) is 2. The van der Waals surface area contributed by atoms with Crippen molar-refractivity contribution in [2.45, 2.75) is 11.8 Å². The summed E-state index contributed by atoms with van der Waals surface area (Å²) in [4.78, 5) is 0.761. The predicted octanol–water partition coefficient (Wildman–Crippen LogP) is 2.18. The van der Waals surface area contributed by atoms with Gasteiger partial charge in [0.2, 0.25) is 0 Å². The fourth-order valence-corrected chi connectivity index (χ4v) is 1.19. The first-order valence-corrected chi connectivity index (χ1v) is 4.19. The SMILES string of the molecule is COc1cc(/C(C)=N/O)ccc1S. The lowest BCUT2D eigenvalue weighted by molar-refractivity contribution is 0.319. The molecule has 0 atom stereocenters. The van der Waals surface area contributed by atoms with E-state index in [1.165, 1.54) is 0 Å². The molecule has 1 aromatic rings. The first-order chi connectivity index (χ1) is 6.19. The minimum Gasteiger partial charge on any atom is -0.496 e. The van der Waals surface area contributed by atoms with Crippen molar-refractivity contribution in [2.24, 2.45) is 5.16 Å². The van der Waals surface area contributed by atoms with Crippen molar-refractivity contribution in [3.05, 3.63) is 23.8 Å². The Morgan fingerprint density at radius 3 is 2.77 bits per heavy atom. The molecule has 0 aliphatic rings. The molecule has 1 N–H and O–H groups in total. The van der Waals surface area contributed by atoms with Gasteiger partial charge in [-0.05, 0) is 19.1 Å². The van der Waals surface area contributed by atoms with Crippen molar-refractivity contribution < 1.29 is 9.94 Å². The van der Waals surface area contributed by atoms with Gasteiger partial charge < -0.3 is 9.94 Å². The van der Waals surface area contributed by atoms with E-state index in [9.17, 15) is 0 Å². The minimum absolute atomic E-state index is 0.548. The molecule has 0 fully saturated rings. The van der Waals surface area contributed by atoms with Gasteiger partial charge in [0.15, 0.2) is 0 Å². The molecule has 0 bridgehead atoms. The van der Waals surface area contributed by atoms with Crippen molar-refractivity contribution in [1.29, 1.82) is 0 Å². The Morgan fingerprint density at radius 2 is 2.23 bits per heavy atom. The maximum absolute atomic E-state index is 8.55. The molecule has 0 unspecified atom stereocenters. The summed E-state index contributed by atoms with van der Waals surface area (Å²) < 4.78 is 5.07. The Bertz CT molecular complexity index is 336. The second-order valence-corrected chi connectivity index (χ2v) is 3.05. The zero-order chi connectivity index (χ0) is 9.84. The van der Waals surface area contributed by atoms with Crippen molar-refractivity contribution in [2.75, 3.05) is 7.11 Å². The van der Waals surface area contributed by atoms with Crippen molar-refractivity contribution in [1.82, 2.24) is 0 Å². The van der Waals surface area contributed by atoms with Gasteiger partial charge in [-0.3, -0.25) is 0 Å². The Morgan fingerprint density at radius 1 is 1.54 bits per heavy atom. The zero-order valence-corrected chi connectivity index (χ0v) is 8.38. The van der Waals surface area contributed by atoms with Crippen LogP contribution in [0.3, 0.4) is 0 Å². The van der Waals surface area contributed by atoms with E-state index in [0.717, 1.165) is 10.5 Å². The molecule has 1 aromatic carbocycles. The third kappa shape index (κ3) is 2.15. The minimum atomic E-state index is 0.548. The predicted molar refractivity (Wildman–Crippen MR) is 54.2 cm³/mol. The van der Waals surface area contributed by atoms with Gasteiger partial charge in [-0.25, -0.2) is 0 Å². The van der Waals surface area contributed by atoms with Crippen LogP contribution in [-0.4, -0.2) is 18.0 Å². The van der Waals surface area contributed by atoms with Gasteiger partial charge in [-0.2, -0.15) is 0 Å². The molecule has 3 nitrogen and oxygen atoms in total. The fraction of sp³-hybridized carbons (Fsp3) is 0.222. The molecule has 0 spiro atoms. The van der Waals surface area contributed by atoms with Crippen LogP contribution in [0.25, 0.3) is 0 Å². The number of methoxy groups -OCH3 is 1. The van der Waals surface area contributed by atoms with E-state index < -0.39 is 0 Å². The van der Waals surface area contributed by atoms with E-state index >= 15 is 0 Å². The topological polar surface area (TPSA) is 41.8 Å². The summed E-state index contributed by atoms with van der Waals surface area (Å²) in [6.07, 6.45) is 0. The molecule has 4 heteroatoms. The van der Waals surface area contributed by atoms with Gasteiger partial charge in [0.25, 0.3) is 0 Å². The summed E-state index contributed by atoms with van der Waals surface area (Å²) in [6.45, 7) is 1.72. The van der Waals surface area contributed by atoms with Gasteiger partial charge >= 0.3 is 0 Å². The van der Waals surface area contributed by atoms with Crippen molar-refractivity contribution in [3.63, 3.8) is 0 Å². The van der Waals surface area contributed by atoms with Crippen molar-refractivity contribution >= 4 is 18.3 Å². The number of benzene rings is 1. The van der Waals surface area contributed by atoms with Gasteiger partial charge in [0.1, 0.15) is 5.75 Å². The average molecular weight is 197 g/mol. The van der Waals surface area contributed by atoms with Crippen LogP contribution in [0.15, 0.2) is 28.3 Å². The highest BCUT2D eigenvalue weighted by molar-refractivity contribution is 7.80. The molecule has 0 saturated carbocycles. The highest BCUT2D eigenvalue weighted by Gasteiger charge is 2.03. The quantitative estimate of drug-likeness (QED) is 0.330. The normalized spacial score (nSPS) is 11.5. The standard InChI is InChI=1S/C9H11NO2S/c1-6(10-11)7-3-4-9(13)8(5-7)12-2/h3-5,11,13H,1-2H3/b10-6+. The maximum atomic E-state index is 8.55. The third-order valence-electron chi connectivity index (χ3n) is 1.75. The summed E-state index contributed by atoms with van der Waals surface area (Å²) >= 11 is 4.20. The molecular formula is C9H11NO2S. The molecule has 0 aliphatic carbocycles. The molecule has 70 valence electrons. The van der Waals surface area contributed by atoms with Crippen LogP contribution < -0.4 is 4.74 Å². The lowest BCUT2D eigenvalue weighted by Crippen LogP contribution is -1.95. The second-order valence-electron chi connectivity index (χ2n) is 2.57. The summed E-state index contributed by atoms with van der Waals surface area (Å²) in [7, 11) is 1.57. The first kappa shape index (κ1) is 9.92. The zero-order valence-electron chi connectivity index (χ0n) is 7.48. The van der Waals surface area contributed by atoms with Gasteiger partial charge in [-0.15, -0.1) is 12.6 Å². The first-order valence-electron chi connectivity index (χ1n) is 3.75. The van der Waals surface area contributed by atoms with E-state index in [4.69, 9.17) is 9.94 Å². The van der Waals surface area contributed by atoms with E-state index in [-0.39, 0.29) is 0 Å². The smallest absolute Gasteiger partial charge is 0.132 e. The van der Waals surface area contributed by atoms with Crippen LogP contribution in [0.5, 0.6) is 5.75 Å². The van der Waals surface area contributed by atoms with E-state index in [1.54, 1.807) is 26.2 Å². The second kappa shape index (κ2) is 4.18. The van der Waals surface area contributed by atoms with Crippen LogP contribution in [-0.2, 0) is 0 Å². The highest BCUT2D eigenvalue weighted by atomic mass is 32.1. The summed E-state index contributed by atoms with van der Waals surface area (Å²) in [5.74, 6) is 0.670. The lowest BCUT2D eigenvalue weighted by Gasteiger charge is -2.05. The van der Waals surface area contributed by atoms with E-state index in [1.807, 2.05) is 6.07 Å². The van der Waals surface area contributed by atoms with Crippen LogP contribution in [0.2, 0.25) is 0 Å². The van der Waals surface area contributed by atoms with Crippen LogP contribution in [0.1, 0.15) is 12.5 Å². The van der Waals surface area contributed by atoms with E-state index in [0.29, 0.717) is 11.5 Å². The number of oxime groups is 1. The van der Waals surface area contributed by atoms with Crippen LogP contribution in [0, 0.1) is 0 Å². The Kier molecular flexibility index (Phi) is 3.19. The summed E-state index contributed by atoms with van der Waals surface area (Å²) in [5, 5.41) is 11.6. The molecule has 13 heavy (non-hydrogen) atoms. The molecule has 0 radical (unpaired) electrons. The fourth-order valence-electron chi connectivity index (χ4n) is 0.960. The molecule has 0 amide bonds. The molecule has 0 aromatic heterocycles. The lowest BCUT2D eigenvalue weighted by atomic mass is 10.1. The third-order valence-corrected chi connectivity index (χ3v) is 2.12. The molecular weight excluding hydrogens is 186 g/mol. The number of rotatable bonds is 2. The van der Waals surface area contributed by atoms with Crippen LogP contribution in [0.4, 0.5) is 0 Å².